The molecule has 0 saturated carbocycles. The summed E-state index contributed by atoms with van der Waals surface area (Å²) >= 11 is 0. The lowest BCUT2D eigenvalue weighted by Gasteiger charge is -2.34. The van der Waals surface area contributed by atoms with Crippen molar-refractivity contribution in [3.63, 3.8) is 0 Å². The lowest BCUT2D eigenvalue weighted by molar-refractivity contribution is 0.0923. The van der Waals surface area contributed by atoms with Crippen LogP contribution in [0.25, 0.3) is 0 Å². The molecule has 2 aliphatic rings. The molecule has 3 heterocycles. The zero-order valence-corrected chi connectivity index (χ0v) is 21.6. The number of rotatable bonds is 11. The van der Waals surface area contributed by atoms with Crippen molar-refractivity contribution in [1.82, 2.24) is 20.1 Å². The summed E-state index contributed by atoms with van der Waals surface area (Å²) in [7, 11) is 0. The van der Waals surface area contributed by atoms with Crippen LogP contribution in [0.2, 0.25) is 0 Å². The van der Waals surface area contributed by atoms with E-state index in [1.165, 1.54) is 58.2 Å². The van der Waals surface area contributed by atoms with Crippen LogP contribution in [-0.2, 0) is 0 Å². The Morgan fingerprint density at radius 3 is 2.35 bits per heavy atom. The summed E-state index contributed by atoms with van der Waals surface area (Å²) in [5.41, 5.74) is 3.64. The number of aromatic nitrogens is 2. The molecule has 1 amide bonds. The maximum absolute atomic E-state index is 13.8. The van der Waals surface area contributed by atoms with Crippen LogP contribution in [-0.4, -0.2) is 52.3 Å². The summed E-state index contributed by atoms with van der Waals surface area (Å²) in [6.07, 6.45) is 15.5. The highest BCUT2D eigenvalue weighted by Crippen LogP contribution is 2.31. The van der Waals surface area contributed by atoms with Crippen molar-refractivity contribution in [2.45, 2.75) is 51.4 Å². The molecule has 0 bridgehead atoms. The Morgan fingerprint density at radius 2 is 1.62 bits per heavy atom. The Balaban J connectivity index is 1.29. The smallest absolute Gasteiger partial charge is 0.277 e. The van der Waals surface area contributed by atoms with Crippen molar-refractivity contribution in [2.24, 2.45) is 0 Å². The molecule has 1 aromatic heterocycles. The Morgan fingerprint density at radius 1 is 0.892 bits per heavy atom. The summed E-state index contributed by atoms with van der Waals surface area (Å²) in [6, 6.07) is 19.8. The molecule has 0 unspecified atom stereocenters. The van der Waals surface area contributed by atoms with Crippen LogP contribution in [0.3, 0.4) is 0 Å². The van der Waals surface area contributed by atoms with Crippen molar-refractivity contribution in [3.8, 4) is 0 Å². The first kappa shape index (κ1) is 25.1. The number of amides is 1. The van der Waals surface area contributed by atoms with Gasteiger partial charge >= 0.3 is 0 Å². The zero-order valence-electron chi connectivity index (χ0n) is 21.6. The van der Waals surface area contributed by atoms with E-state index in [1.807, 2.05) is 36.4 Å². The number of carbonyl (C=O) groups excluding carboxylic acids is 1. The molecule has 3 aromatic rings. The molecule has 7 nitrogen and oxygen atoms in total. The van der Waals surface area contributed by atoms with E-state index in [-0.39, 0.29) is 5.91 Å². The Bertz CT molecular complexity index is 1130. The molecule has 0 atom stereocenters. The van der Waals surface area contributed by atoms with Crippen molar-refractivity contribution in [1.29, 1.82) is 0 Å². The van der Waals surface area contributed by atoms with E-state index in [2.05, 4.69) is 55.5 Å². The summed E-state index contributed by atoms with van der Waals surface area (Å²) < 4.78 is 0. The minimum absolute atomic E-state index is 0.0654. The number of unbranched alkanes of at least 4 members (excludes halogenated alkanes) is 3. The molecule has 194 valence electrons. The number of anilines is 2. The van der Waals surface area contributed by atoms with Gasteiger partial charge in [0.05, 0.1) is 11.9 Å². The van der Waals surface area contributed by atoms with Gasteiger partial charge in [-0.2, -0.15) is 5.10 Å². The van der Waals surface area contributed by atoms with Crippen LogP contribution in [0.5, 0.6) is 0 Å². The van der Waals surface area contributed by atoms with Crippen LogP contribution in [0, 0.1) is 0 Å². The van der Waals surface area contributed by atoms with E-state index in [0.717, 1.165) is 29.9 Å². The van der Waals surface area contributed by atoms with E-state index in [9.17, 15) is 4.79 Å². The van der Waals surface area contributed by atoms with Crippen LogP contribution >= 0.6 is 0 Å². The van der Waals surface area contributed by atoms with Crippen LogP contribution in [0.1, 0.15) is 61.7 Å². The molecule has 1 fully saturated rings. The van der Waals surface area contributed by atoms with Crippen molar-refractivity contribution >= 4 is 17.3 Å². The van der Waals surface area contributed by atoms with Crippen LogP contribution < -0.4 is 9.91 Å². The minimum Gasteiger partial charge on any atom is -0.326 e. The van der Waals surface area contributed by atoms with Gasteiger partial charge in [0.15, 0.2) is 0 Å². The predicted octanol–water partition coefficient (Wildman–Crippen LogP) is 6.03. The molecule has 7 heteroatoms. The quantitative estimate of drug-likeness (QED) is 0.327. The highest BCUT2D eigenvalue weighted by Gasteiger charge is 2.32. The third-order valence-electron chi connectivity index (χ3n) is 7.30. The molecule has 1 saturated heterocycles. The van der Waals surface area contributed by atoms with E-state index in [4.69, 9.17) is 0 Å². The number of nitrogens with zero attached hydrogens (tertiary/aromatic N) is 5. The fourth-order valence-electron chi connectivity index (χ4n) is 5.29. The molecule has 2 aliphatic heterocycles. The maximum atomic E-state index is 13.8. The zero-order chi connectivity index (χ0) is 25.3. The van der Waals surface area contributed by atoms with Crippen molar-refractivity contribution in [2.75, 3.05) is 36.2 Å². The van der Waals surface area contributed by atoms with Gasteiger partial charge in [-0.05, 0) is 76.0 Å². The minimum atomic E-state index is -0.0654. The van der Waals surface area contributed by atoms with Gasteiger partial charge in [-0.3, -0.25) is 14.9 Å². The molecule has 0 spiro atoms. The van der Waals surface area contributed by atoms with Gasteiger partial charge in [0, 0.05) is 23.6 Å². The number of carbonyl (C=O) groups is 1. The number of benzene rings is 2. The normalized spacial score (nSPS) is 16.2. The summed E-state index contributed by atoms with van der Waals surface area (Å²) in [5, 5.41) is 10.9. The highest BCUT2D eigenvalue weighted by atomic mass is 16.2. The van der Waals surface area contributed by atoms with E-state index >= 15 is 0 Å². The standard InChI is InChI=1S/C30H38N6O/c37-30(26-14-6-3-7-15-26)36(29-22-31-32-23-29)35-25-34(27-16-9-4-10-17-27)24-28(35)18-8-1-2-11-19-33-20-12-5-13-21-33/h3-4,6-7,9-10,14-17,22-24H,1-2,5,8,11-13,18-21,25H2,(H,31,32). The van der Waals surface area contributed by atoms with Gasteiger partial charge < -0.3 is 9.80 Å². The Labute approximate surface area is 220 Å². The summed E-state index contributed by atoms with van der Waals surface area (Å²) in [4.78, 5) is 18.6. The van der Waals surface area contributed by atoms with Crippen LogP contribution in [0.4, 0.5) is 11.4 Å². The van der Waals surface area contributed by atoms with Gasteiger partial charge in [-0.1, -0.05) is 55.7 Å². The first-order valence-electron chi connectivity index (χ1n) is 13.7. The van der Waals surface area contributed by atoms with E-state index in [0.29, 0.717) is 12.2 Å². The molecule has 0 radical (unpaired) electrons. The van der Waals surface area contributed by atoms with Gasteiger partial charge in [0.25, 0.3) is 5.91 Å². The summed E-state index contributed by atoms with van der Waals surface area (Å²) in [5.74, 6) is -0.0654. The Hall–Kier alpha value is -3.58. The average Bonchev–Trinajstić information content (AvgIpc) is 3.63. The molecular formula is C30H38N6O. The largest absolute Gasteiger partial charge is 0.326 e. The van der Waals surface area contributed by atoms with E-state index in [1.54, 1.807) is 17.4 Å². The van der Waals surface area contributed by atoms with Gasteiger partial charge in [0.1, 0.15) is 12.4 Å². The first-order valence-corrected chi connectivity index (χ1v) is 13.7. The number of likely N-dealkylation sites (tertiary alicyclic amines) is 1. The lowest BCUT2D eigenvalue weighted by atomic mass is 10.1. The second-order valence-corrected chi connectivity index (χ2v) is 9.97. The lowest BCUT2D eigenvalue weighted by Crippen LogP contribution is -2.47. The predicted molar refractivity (Wildman–Crippen MR) is 149 cm³/mol. The molecular weight excluding hydrogens is 460 g/mol. The number of aromatic amines is 1. The Kier molecular flexibility index (Phi) is 8.54. The number of para-hydroxylation sites is 1. The number of allylic oxidation sites excluding steroid dienone is 1. The molecule has 0 aliphatic carbocycles. The topological polar surface area (TPSA) is 58.7 Å². The molecule has 5 rings (SSSR count). The number of hydrazine groups is 1. The fraction of sp³-hybridized carbons (Fsp3) is 0.400. The molecule has 2 aromatic carbocycles. The van der Waals surface area contributed by atoms with Gasteiger partial charge in [-0.15, -0.1) is 0 Å². The monoisotopic (exact) mass is 498 g/mol. The number of hydrogen-bond donors (Lipinski definition) is 1. The average molecular weight is 499 g/mol. The SMILES string of the molecule is O=C(c1ccccc1)N(c1cn[nH]c1)N1CN(c2ccccc2)C=C1CCCCCCN1CCCCC1. The van der Waals surface area contributed by atoms with Gasteiger partial charge in [-0.25, -0.2) is 5.01 Å². The third-order valence-corrected chi connectivity index (χ3v) is 7.30. The second-order valence-electron chi connectivity index (χ2n) is 9.97. The van der Waals surface area contributed by atoms with Crippen molar-refractivity contribution < 1.29 is 4.79 Å². The number of H-pyrrole nitrogens is 1. The number of hydrogen-bond acceptors (Lipinski definition) is 5. The maximum Gasteiger partial charge on any atom is 0.277 e. The highest BCUT2D eigenvalue weighted by molar-refractivity contribution is 6.05. The fourth-order valence-corrected chi connectivity index (χ4v) is 5.29. The molecule has 37 heavy (non-hydrogen) atoms. The van der Waals surface area contributed by atoms with Crippen molar-refractivity contribution in [3.05, 3.63) is 90.5 Å². The van der Waals surface area contributed by atoms with E-state index < -0.39 is 0 Å². The summed E-state index contributed by atoms with van der Waals surface area (Å²) in [6.45, 7) is 4.35. The first-order chi connectivity index (χ1) is 18.3. The second kappa shape index (κ2) is 12.6. The number of nitrogens with one attached hydrogen (secondary N) is 1. The molecule has 1 N–H and O–H groups in total. The third kappa shape index (κ3) is 6.41. The van der Waals surface area contributed by atoms with Gasteiger partial charge in [0.2, 0.25) is 0 Å². The van der Waals surface area contributed by atoms with Crippen LogP contribution in [0.15, 0.2) is 85.0 Å². The number of piperidine rings is 1.